The Balaban J connectivity index is 0.000000671. The summed E-state index contributed by atoms with van der Waals surface area (Å²) in [7, 11) is 3.96. The van der Waals surface area contributed by atoms with Gasteiger partial charge in [-0.3, -0.25) is 4.79 Å². The Morgan fingerprint density at radius 2 is 1.77 bits per heavy atom. The molecule has 0 saturated heterocycles. The molecule has 3 nitrogen and oxygen atoms in total. The molecule has 1 fully saturated rings. The molecule has 1 aliphatic rings. The summed E-state index contributed by atoms with van der Waals surface area (Å²) in [6.07, 6.45) is 1.92. The molecule has 2 N–H and O–H groups in total. The number of hydrogen-bond acceptors (Lipinski definition) is 2. The molecule has 1 atom stereocenters. The standard InChI is InChI=1S/C8H16N2O.C2H6/c1-6(10(2)3)8(4-5-8)7(9)11;1-2/h6H,4-5H2,1-3H3,(H2,9,11);1-2H3. The minimum atomic E-state index is -0.205. The van der Waals surface area contributed by atoms with Crippen LogP contribution in [0.25, 0.3) is 0 Å². The summed E-state index contributed by atoms with van der Waals surface area (Å²) < 4.78 is 0. The second-order valence-electron chi connectivity index (χ2n) is 3.66. The Labute approximate surface area is 81.3 Å². The number of nitrogens with two attached hydrogens (primary N) is 1. The van der Waals surface area contributed by atoms with Crippen LogP contribution in [0.1, 0.15) is 33.6 Å². The van der Waals surface area contributed by atoms with E-state index in [4.69, 9.17) is 5.73 Å². The maximum atomic E-state index is 11.0. The third kappa shape index (κ3) is 2.44. The molecule has 3 heteroatoms. The van der Waals surface area contributed by atoms with Crippen LogP contribution in [0.5, 0.6) is 0 Å². The van der Waals surface area contributed by atoms with Crippen molar-refractivity contribution in [1.82, 2.24) is 4.90 Å². The van der Waals surface area contributed by atoms with Crippen LogP contribution in [0, 0.1) is 5.41 Å². The smallest absolute Gasteiger partial charge is 0.225 e. The van der Waals surface area contributed by atoms with E-state index in [9.17, 15) is 4.79 Å². The molecule has 0 heterocycles. The number of carbonyl (C=O) groups excluding carboxylic acids is 1. The van der Waals surface area contributed by atoms with E-state index in [1.807, 2.05) is 27.9 Å². The Bertz CT molecular complexity index is 174. The average molecular weight is 186 g/mol. The van der Waals surface area contributed by atoms with Crippen LogP contribution in [0.2, 0.25) is 0 Å². The molecule has 0 aromatic rings. The lowest BCUT2D eigenvalue weighted by atomic mass is 9.96. The molecule has 0 aromatic carbocycles. The fourth-order valence-electron chi connectivity index (χ4n) is 1.50. The van der Waals surface area contributed by atoms with Crippen LogP contribution in [0.4, 0.5) is 0 Å². The van der Waals surface area contributed by atoms with E-state index in [-0.39, 0.29) is 17.4 Å². The van der Waals surface area contributed by atoms with Crippen molar-refractivity contribution in [3.05, 3.63) is 0 Å². The quantitative estimate of drug-likeness (QED) is 0.720. The van der Waals surface area contributed by atoms with Gasteiger partial charge in [-0.1, -0.05) is 13.8 Å². The van der Waals surface area contributed by atoms with Crippen LogP contribution in [0.15, 0.2) is 0 Å². The lowest BCUT2D eigenvalue weighted by Crippen LogP contribution is -2.41. The molecule has 0 aliphatic heterocycles. The highest BCUT2D eigenvalue weighted by molar-refractivity contribution is 5.84. The molecular weight excluding hydrogens is 164 g/mol. The third-order valence-corrected chi connectivity index (χ3v) is 2.85. The van der Waals surface area contributed by atoms with Crippen molar-refractivity contribution in [2.75, 3.05) is 14.1 Å². The molecule has 78 valence electrons. The van der Waals surface area contributed by atoms with Crippen LogP contribution >= 0.6 is 0 Å². The number of nitrogens with zero attached hydrogens (tertiary/aromatic N) is 1. The summed E-state index contributed by atoms with van der Waals surface area (Å²) in [5, 5.41) is 0. The normalized spacial score (nSPS) is 20.2. The van der Waals surface area contributed by atoms with Crippen molar-refractivity contribution >= 4 is 5.91 Å². The molecule has 1 rings (SSSR count). The van der Waals surface area contributed by atoms with Crippen LogP contribution in [-0.2, 0) is 4.79 Å². The predicted octanol–water partition coefficient (Wildman–Crippen LogP) is 1.23. The average Bonchev–Trinajstić information content (AvgIpc) is 2.86. The van der Waals surface area contributed by atoms with Gasteiger partial charge in [0.2, 0.25) is 5.91 Å². The fourth-order valence-corrected chi connectivity index (χ4v) is 1.50. The number of rotatable bonds is 3. The minimum Gasteiger partial charge on any atom is -0.369 e. The van der Waals surface area contributed by atoms with Crippen LogP contribution in [0.3, 0.4) is 0 Å². The van der Waals surface area contributed by atoms with Gasteiger partial charge in [-0.2, -0.15) is 0 Å². The Hall–Kier alpha value is -0.570. The highest BCUT2D eigenvalue weighted by Gasteiger charge is 2.53. The molecule has 1 saturated carbocycles. The summed E-state index contributed by atoms with van der Waals surface area (Å²) in [6, 6.07) is 0.278. The zero-order valence-electron chi connectivity index (χ0n) is 9.42. The van der Waals surface area contributed by atoms with Crippen molar-refractivity contribution in [2.45, 2.75) is 39.7 Å². The zero-order valence-corrected chi connectivity index (χ0v) is 9.42. The number of amides is 1. The summed E-state index contributed by atoms with van der Waals surface area (Å²) in [6.45, 7) is 6.05. The maximum Gasteiger partial charge on any atom is 0.225 e. The van der Waals surface area contributed by atoms with Crippen molar-refractivity contribution in [1.29, 1.82) is 0 Å². The van der Waals surface area contributed by atoms with Crippen LogP contribution < -0.4 is 5.73 Å². The maximum absolute atomic E-state index is 11.0. The Morgan fingerprint density at radius 3 is 1.85 bits per heavy atom. The van der Waals surface area contributed by atoms with Crippen molar-refractivity contribution in [3.63, 3.8) is 0 Å². The molecule has 0 spiro atoms. The van der Waals surface area contributed by atoms with Gasteiger partial charge in [0.25, 0.3) is 0 Å². The van der Waals surface area contributed by atoms with Crippen molar-refractivity contribution < 1.29 is 4.79 Å². The highest BCUT2D eigenvalue weighted by Crippen LogP contribution is 2.49. The highest BCUT2D eigenvalue weighted by atomic mass is 16.1. The second-order valence-corrected chi connectivity index (χ2v) is 3.66. The van der Waals surface area contributed by atoms with Gasteiger partial charge in [-0.15, -0.1) is 0 Å². The first kappa shape index (κ1) is 12.4. The van der Waals surface area contributed by atoms with E-state index in [0.717, 1.165) is 12.8 Å². The lowest BCUT2D eigenvalue weighted by molar-refractivity contribution is -0.125. The summed E-state index contributed by atoms with van der Waals surface area (Å²) in [4.78, 5) is 13.1. The van der Waals surface area contributed by atoms with Gasteiger partial charge in [-0.05, 0) is 33.9 Å². The summed E-state index contributed by atoms with van der Waals surface area (Å²) in [5.41, 5.74) is 5.10. The van der Waals surface area contributed by atoms with Gasteiger partial charge in [0.15, 0.2) is 0 Å². The lowest BCUT2D eigenvalue weighted by Gasteiger charge is -2.26. The molecule has 1 amide bonds. The molecule has 1 unspecified atom stereocenters. The number of primary amides is 1. The minimum absolute atomic E-state index is 0.140. The topological polar surface area (TPSA) is 46.3 Å². The Kier molecular flexibility index (Phi) is 4.40. The van der Waals surface area contributed by atoms with E-state index in [2.05, 4.69) is 11.8 Å². The monoisotopic (exact) mass is 186 g/mol. The van der Waals surface area contributed by atoms with E-state index >= 15 is 0 Å². The fraction of sp³-hybridized carbons (Fsp3) is 0.900. The molecule has 1 aliphatic carbocycles. The molecule has 0 radical (unpaired) electrons. The molecular formula is C10H22N2O. The van der Waals surface area contributed by atoms with E-state index < -0.39 is 0 Å². The first-order chi connectivity index (χ1) is 6.00. The largest absolute Gasteiger partial charge is 0.369 e. The third-order valence-electron chi connectivity index (χ3n) is 2.85. The van der Waals surface area contributed by atoms with E-state index in [0.29, 0.717) is 0 Å². The molecule has 0 aromatic heterocycles. The molecule has 0 bridgehead atoms. The van der Waals surface area contributed by atoms with Gasteiger partial charge in [0, 0.05) is 6.04 Å². The molecule has 13 heavy (non-hydrogen) atoms. The van der Waals surface area contributed by atoms with Crippen molar-refractivity contribution in [3.8, 4) is 0 Å². The van der Waals surface area contributed by atoms with E-state index in [1.165, 1.54) is 0 Å². The summed E-state index contributed by atoms with van der Waals surface area (Å²) in [5.74, 6) is -0.140. The van der Waals surface area contributed by atoms with Gasteiger partial charge >= 0.3 is 0 Å². The van der Waals surface area contributed by atoms with Gasteiger partial charge in [-0.25, -0.2) is 0 Å². The predicted molar refractivity (Wildman–Crippen MR) is 55.4 cm³/mol. The zero-order chi connectivity index (χ0) is 10.6. The van der Waals surface area contributed by atoms with Gasteiger partial charge in [0.1, 0.15) is 0 Å². The number of hydrogen-bond donors (Lipinski definition) is 1. The van der Waals surface area contributed by atoms with Gasteiger partial charge < -0.3 is 10.6 Å². The SMILES string of the molecule is CC.CC(N(C)C)C1(C(N)=O)CC1. The first-order valence-electron chi connectivity index (χ1n) is 4.97. The summed E-state index contributed by atoms with van der Waals surface area (Å²) >= 11 is 0. The van der Waals surface area contributed by atoms with Crippen molar-refractivity contribution in [2.24, 2.45) is 11.1 Å². The van der Waals surface area contributed by atoms with Gasteiger partial charge in [0.05, 0.1) is 5.41 Å². The second kappa shape index (κ2) is 4.61. The first-order valence-corrected chi connectivity index (χ1v) is 4.97. The number of carbonyl (C=O) groups is 1. The Morgan fingerprint density at radius 1 is 1.38 bits per heavy atom. The van der Waals surface area contributed by atoms with Crippen LogP contribution in [-0.4, -0.2) is 30.9 Å². The van der Waals surface area contributed by atoms with E-state index in [1.54, 1.807) is 0 Å².